The van der Waals surface area contributed by atoms with Gasteiger partial charge in [0.2, 0.25) is 0 Å². The summed E-state index contributed by atoms with van der Waals surface area (Å²) in [6, 6.07) is 74.0. The first-order chi connectivity index (χ1) is 27.2. The molecule has 11 aromatic rings. The number of para-hydroxylation sites is 3. The van der Waals surface area contributed by atoms with Crippen LogP contribution in [0.2, 0.25) is 0 Å². The molecule has 0 N–H and O–H groups in total. The van der Waals surface area contributed by atoms with Gasteiger partial charge in [-0.05, 0) is 118 Å². The topological polar surface area (TPSA) is 21.3 Å². The fourth-order valence-electron chi connectivity index (χ4n) is 8.29. The second kappa shape index (κ2) is 12.6. The Hall–Kier alpha value is -7.36. The molecule has 0 saturated carbocycles. The Kier molecular flexibility index (Phi) is 7.17. The van der Waals surface area contributed by atoms with Crippen molar-refractivity contribution in [1.29, 1.82) is 0 Å². The van der Waals surface area contributed by atoms with Crippen molar-refractivity contribution in [3.05, 3.63) is 206 Å². The second-order valence-electron chi connectivity index (χ2n) is 14.2. The molecule has 0 bridgehead atoms. The standard InChI is InChI=1S/C52H34N2O/c1-3-11-35(12-4-1)36-21-25-42(26-22-36)53(44-29-30-50-47(34-44)45-15-7-9-17-49(45)54(50)41-13-5-2-6-14-41)43-27-23-37(24-28-43)38-19-20-39-32-48-46-16-8-10-18-51(46)55-52(48)33-40(39)31-38/h1-34H. The zero-order valence-corrected chi connectivity index (χ0v) is 29.9. The summed E-state index contributed by atoms with van der Waals surface area (Å²) in [5.74, 6) is 0. The number of benzene rings is 9. The van der Waals surface area contributed by atoms with Crippen LogP contribution in [0, 0.1) is 0 Å². The van der Waals surface area contributed by atoms with Crippen LogP contribution in [0.3, 0.4) is 0 Å². The Morgan fingerprint density at radius 3 is 1.67 bits per heavy atom. The first kappa shape index (κ1) is 31.2. The molecule has 0 unspecified atom stereocenters. The zero-order valence-electron chi connectivity index (χ0n) is 29.9. The number of nitrogens with zero attached hydrogens (tertiary/aromatic N) is 2. The highest BCUT2D eigenvalue weighted by atomic mass is 16.3. The average Bonchev–Trinajstić information content (AvgIpc) is 3.78. The van der Waals surface area contributed by atoms with Gasteiger partial charge in [0.15, 0.2) is 0 Å². The first-order valence-corrected chi connectivity index (χ1v) is 18.7. The van der Waals surface area contributed by atoms with Crippen molar-refractivity contribution in [2.75, 3.05) is 4.90 Å². The highest BCUT2D eigenvalue weighted by molar-refractivity contribution is 6.11. The van der Waals surface area contributed by atoms with Crippen LogP contribution >= 0.6 is 0 Å². The third-order valence-electron chi connectivity index (χ3n) is 11.0. The maximum absolute atomic E-state index is 6.23. The fourth-order valence-corrected chi connectivity index (χ4v) is 8.29. The molecule has 0 aliphatic carbocycles. The van der Waals surface area contributed by atoms with Gasteiger partial charge in [0.1, 0.15) is 11.2 Å². The molecule has 0 amide bonds. The molecule has 0 atom stereocenters. The van der Waals surface area contributed by atoms with Gasteiger partial charge in [0.05, 0.1) is 11.0 Å². The zero-order chi connectivity index (χ0) is 36.3. The van der Waals surface area contributed by atoms with Gasteiger partial charge in [-0.15, -0.1) is 0 Å². The molecule has 258 valence electrons. The van der Waals surface area contributed by atoms with Crippen molar-refractivity contribution >= 4 is 71.6 Å². The summed E-state index contributed by atoms with van der Waals surface area (Å²) >= 11 is 0. The molecule has 3 heteroatoms. The monoisotopic (exact) mass is 702 g/mol. The minimum atomic E-state index is 0.916. The van der Waals surface area contributed by atoms with E-state index in [4.69, 9.17) is 4.42 Å². The van der Waals surface area contributed by atoms with E-state index in [0.29, 0.717) is 0 Å². The van der Waals surface area contributed by atoms with Crippen molar-refractivity contribution in [2.24, 2.45) is 0 Å². The van der Waals surface area contributed by atoms with Gasteiger partial charge >= 0.3 is 0 Å². The van der Waals surface area contributed by atoms with E-state index in [0.717, 1.165) is 55.6 Å². The Labute approximate surface area is 318 Å². The summed E-state index contributed by atoms with van der Waals surface area (Å²) in [5.41, 5.74) is 13.4. The SMILES string of the molecule is c1ccc(-c2ccc(N(c3ccc(-c4ccc5cc6c(cc5c4)oc4ccccc46)cc3)c3ccc4c(c3)c3ccccc3n4-c3ccccc3)cc2)cc1. The summed E-state index contributed by atoms with van der Waals surface area (Å²) < 4.78 is 8.60. The Morgan fingerprint density at radius 1 is 0.327 bits per heavy atom. The van der Waals surface area contributed by atoms with Crippen molar-refractivity contribution in [1.82, 2.24) is 4.57 Å². The minimum absolute atomic E-state index is 0.916. The van der Waals surface area contributed by atoms with Crippen LogP contribution in [0.1, 0.15) is 0 Å². The van der Waals surface area contributed by atoms with Crippen LogP contribution < -0.4 is 4.90 Å². The number of hydrogen-bond acceptors (Lipinski definition) is 2. The number of anilines is 3. The summed E-state index contributed by atoms with van der Waals surface area (Å²) in [6.45, 7) is 0. The van der Waals surface area contributed by atoms with Crippen molar-refractivity contribution in [2.45, 2.75) is 0 Å². The lowest BCUT2D eigenvalue weighted by Crippen LogP contribution is -2.10. The first-order valence-electron chi connectivity index (χ1n) is 18.7. The fraction of sp³-hybridized carbons (Fsp3) is 0. The Balaban J connectivity index is 1.02. The number of rotatable bonds is 6. The van der Waals surface area contributed by atoms with Gasteiger partial charge in [-0.3, -0.25) is 0 Å². The van der Waals surface area contributed by atoms with Crippen LogP contribution in [0.4, 0.5) is 17.1 Å². The van der Waals surface area contributed by atoms with Crippen LogP contribution in [0.25, 0.3) is 82.5 Å². The molecule has 2 aromatic heterocycles. The summed E-state index contributed by atoms with van der Waals surface area (Å²) in [7, 11) is 0. The number of fused-ring (bicyclic) bond motifs is 7. The normalized spacial score (nSPS) is 11.6. The molecule has 0 aliphatic heterocycles. The van der Waals surface area contributed by atoms with Gasteiger partial charge in [0.25, 0.3) is 0 Å². The molecular formula is C52H34N2O. The van der Waals surface area contributed by atoms with E-state index in [1.54, 1.807) is 0 Å². The lowest BCUT2D eigenvalue weighted by atomic mass is 9.99. The molecule has 2 heterocycles. The largest absolute Gasteiger partial charge is 0.456 e. The van der Waals surface area contributed by atoms with E-state index in [1.165, 1.54) is 43.9 Å². The van der Waals surface area contributed by atoms with Gasteiger partial charge in [-0.25, -0.2) is 0 Å². The Bertz CT molecular complexity index is 3180. The molecule has 9 aromatic carbocycles. The smallest absolute Gasteiger partial charge is 0.136 e. The predicted octanol–water partition coefficient (Wildman–Crippen LogP) is 14.6. The van der Waals surface area contributed by atoms with Gasteiger partial charge in [-0.1, -0.05) is 121 Å². The van der Waals surface area contributed by atoms with E-state index >= 15 is 0 Å². The highest BCUT2D eigenvalue weighted by Gasteiger charge is 2.18. The minimum Gasteiger partial charge on any atom is -0.456 e. The quantitative estimate of drug-likeness (QED) is 0.172. The third kappa shape index (κ3) is 5.28. The van der Waals surface area contributed by atoms with Crippen molar-refractivity contribution < 1.29 is 4.42 Å². The van der Waals surface area contributed by atoms with E-state index in [2.05, 4.69) is 204 Å². The maximum atomic E-state index is 6.23. The molecule has 0 spiro atoms. The van der Waals surface area contributed by atoms with Gasteiger partial charge < -0.3 is 13.9 Å². The van der Waals surface area contributed by atoms with E-state index in [9.17, 15) is 0 Å². The van der Waals surface area contributed by atoms with E-state index < -0.39 is 0 Å². The van der Waals surface area contributed by atoms with Crippen LogP contribution in [-0.2, 0) is 0 Å². The molecule has 0 radical (unpaired) electrons. The van der Waals surface area contributed by atoms with Gasteiger partial charge in [-0.2, -0.15) is 0 Å². The van der Waals surface area contributed by atoms with Crippen LogP contribution in [0.5, 0.6) is 0 Å². The van der Waals surface area contributed by atoms with Crippen LogP contribution in [-0.4, -0.2) is 4.57 Å². The number of hydrogen-bond donors (Lipinski definition) is 0. The van der Waals surface area contributed by atoms with E-state index in [-0.39, 0.29) is 0 Å². The molecule has 0 saturated heterocycles. The third-order valence-corrected chi connectivity index (χ3v) is 11.0. The Morgan fingerprint density at radius 2 is 0.909 bits per heavy atom. The van der Waals surface area contributed by atoms with Crippen molar-refractivity contribution in [3.8, 4) is 27.9 Å². The second-order valence-corrected chi connectivity index (χ2v) is 14.2. The number of furan rings is 1. The lowest BCUT2D eigenvalue weighted by Gasteiger charge is -2.26. The van der Waals surface area contributed by atoms with Crippen LogP contribution in [0.15, 0.2) is 211 Å². The molecule has 55 heavy (non-hydrogen) atoms. The molecule has 3 nitrogen and oxygen atoms in total. The molecule has 0 aliphatic rings. The maximum Gasteiger partial charge on any atom is 0.136 e. The molecular weight excluding hydrogens is 669 g/mol. The summed E-state index contributed by atoms with van der Waals surface area (Å²) in [4.78, 5) is 2.37. The summed E-state index contributed by atoms with van der Waals surface area (Å²) in [5, 5.41) is 7.12. The molecule has 11 rings (SSSR count). The van der Waals surface area contributed by atoms with E-state index in [1.807, 2.05) is 12.1 Å². The number of aromatic nitrogens is 1. The van der Waals surface area contributed by atoms with Gasteiger partial charge in [0, 0.05) is 44.3 Å². The predicted molar refractivity (Wildman–Crippen MR) is 231 cm³/mol. The summed E-state index contributed by atoms with van der Waals surface area (Å²) in [6.07, 6.45) is 0. The van der Waals surface area contributed by atoms with Crippen molar-refractivity contribution in [3.63, 3.8) is 0 Å². The average molecular weight is 703 g/mol. The highest BCUT2D eigenvalue weighted by Crippen LogP contribution is 2.41. The molecule has 0 fully saturated rings. The lowest BCUT2D eigenvalue weighted by molar-refractivity contribution is 0.669.